The van der Waals surface area contributed by atoms with E-state index >= 15 is 0 Å². The minimum absolute atomic E-state index is 0.0570. The van der Waals surface area contributed by atoms with Crippen LogP contribution in [0.3, 0.4) is 0 Å². The summed E-state index contributed by atoms with van der Waals surface area (Å²) in [6.45, 7) is 1.28. The second-order valence-electron chi connectivity index (χ2n) is 7.51. The maximum atomic E-state index is 14.1. The number of carbonyl (C=O) groups is 1. The first kappa shape index (κ1) is 20.6. The number of hydrogen-bond acceptors (Lipinski definition) is 7. The third-order valence-corrected chi connectivity index (χ3v) is 7.56. The summed E-state index contributed by atoms with van der Waals surface area (Å²) < 4.78 is 25.8. The number of rotatable bonds is 6. The quantitative estimate of drug-likeness (QED) is 0.600. The Morgan fingerprint density at radius 1 is 0.933 bits per heavy atom. The molecule has 30 heavy (non-hydrogen) atoms. The van der Waals surface area contributed by atoms with E-state index in [9.17, 15) is 19.6 Å². The third-order valence-electron chi connectivity index (χ3n) is 5.37. The first-order valence-electron chi connectivity index (χ1n) is 10.1. The van der Waals surface area contributed by atoms with Crippen molar-refractivity contribution in [1.82, 2.24) is 10.2 Å². The lowest BCUT2D eigenvalue weighted by Gasteiger charge is -2.32. The van der Waals surface area contributed by atoms with Gasteiger partial charge in [-0.25, -0.2) is 4.57 Å². The number of phenolic OH excluding ortho intramolecular Hbond substituents is 2. The molecule has 0 aliphatic carbocycles. The Kier molecular flexibility index (Phi) is 5.88. The fourth-order valence-corrected chi connectivity index (χ4v) is 6.06. The van der Waals surface area contributed by atoms with E-state index in [0.717, 1.165) is 19.4 Å². The molecule has 160 valence electrons. The highest BCUT2D eigenvalue weighted by Crippen LogP contribution is 2.57. The molecule has 0 saturated carbocycles. The average Bonchev–Trinajstić information content (AvgIpc) is 3.43. The van der Waals surface area contributed by atoms with Crippen LogP contribution in [0.1, 0.15) is 25.7 Å². The topological polar surface area (TPSA) is 108 Å². The molecule has 2 saturated heterocycles. The first-order valence-corrected chi connectivity index (χ1v) is 11.7. The van der Waals surface area contributed by atoms with E-state index in [1.165, 1.54) is 48.5 Å². The van der Waals surface area contributed by atoms with Crippen LogP contribution in [0, 0.1) is 0 Å². The summed E-state index contributed by atoms with van der Waals surface area (Å²) in [4.78, 5) is 14.7. The van der Waals surface area contributed by atoms with Crippen molar-refractivity contribution in [1.29, 1.82) is 0 Å². The van der Waals surface area contributed by atoms with Gasteiger partial charge in [-0.1, -0.05) is 0 Å². The molecule has 1 amide bonds. The summed E-state index contributed by atoms with van der Waals surface area (Å²) in [5, 5.41) is 22.2. The normalized spacial score (nSPS) is 21.5. The van der Waals surface area contributed by atoms with E-state index in [-0.39, 0.29) is 34.9 Å². The smallest absolute Gasteiger partial charge is 0.453 e. The van der Waals surface area contributed by atoms with E-state index < -0.39 is 13.4 Å². The number of amides is 1. The number of likely N-dealkylation sites (tertiary alicyclic amines) is 1. The van der Waals surface area contributed by atoms with Gasteiger partial charge in [-0.05, 0) is 80.8 Å². The van der Waals surface area contributed by atoms with Crippen LogP contribution in [0.5, 0.6) is 23.0 Å². The number of phenols is 2. The second kappa shape index (κ2) is 8.58. The summed E-state index contributed by atoms with van der Waals surface area (Å²) in [6, 6.07) is 11.5. The number of carbonyl (C=O) groups excluding carboxylic acids is 1. The van der Waals surface area contributed by atoms with E-state index in [0.29, 0.717) is 19.4 Å². The molecule has 0 radical (unpaired) electrons. The zero-order valence-corrected chi connectivity index (χ0v) is 17.3. The molecule has 2 aromatic carbocycles. The molecule has 9 heteroatoms. The maximum Gasteiger partial charge on any atom is 0.453 e. The van der Waals surface area contributed by atoms with Crippen LogP contribution in [0.2, 0.25) is 0 Å². The van der Waals surface area contributed by atoms with Gasteiger partial charge in [0.25, 0.3) is 0 Å². The minimum atomic E-state index is -3.88. The number of hydrogen-bond donors (Lipinski definition) is 3. The molecule has 4 rings (SSSR count). The van der Waals surface area contributed by atoms with Crippen molar-refractivity contribution in [3.8, 4) is 23.0 Å². The summed E-state index contributed by atoms with van der Waals surface area (Å²) >= 11 is 0. The van der Waals surface area contributed by atoms with Gasteiger partial charge in [0.15, 0.2) is 5.78 Å². The summed E-state index contributed by atoms with van der Waals surface area (Å²) in [5.74, 6) is -0.154. The molecule has 2 aliphatic heterocycles. The van der Waals surface area contributed by atoms with Gasteiger partial charge in [-0.2, -0.15) is 0 Å². The van der Waals surface area contributed by atoms with Crippen LogP contribution < -0.4 is 14.4 Å². The molecule has 2 atom stereocenters. The second-order valence-corrected chi connectivity index (χ2v) is 9.55. The highest BCUT2D eigenvalue weighted by Gasteiger charge is 2.48. The van der Waals surface area contributed by atoms with E-state index in [4.69, 9.17) is 9.05 Å². The zero-order valence-electron chi connectivity index (χ0n) is 16.4. The molecular formula is C21H25N2O6P. The van der Waals surface area contributed by atoms with E-state index in [2.05, 4.69) is 5.32 Å². The van der Waals surface area contributed by atoms with Gasteiger partial charge >= 0.3 is 7.60 Å². The van der Waals surface area contributed by atoms with Crippen molar-refractivity contribution >= 4 is 13.5 Å². The lowest BCUT2D eigenvalue weighted by atomic mass is 10.2. The third kappa shape index (κ3) is 4.40. The molecule has 2 fully saturated rings. The molecule has 0 spiro atoms. The molecule has 2 heterocycles. The minimum Gasteiger partial charge on any atom is -0.508 e. The predicted molar refractivity (Wildman–Crippen MR) is 111 cm³/mol. The van der Waals surface area contributed by atoms with Gasteiger partial charge in [0, 0.05) is 6.54 Å². The number of benzene rings is 2. The Bertz CT molecular complexity index is 876. The maximum absolute atomic E-state index is 14.1. The molecule has 2 aromatic rings. The largest absolute Gasteiger partial charge is 0.508 e. The Morgan fingerprint density at radius 3 is 2.00 bits per heavy atom. The Balaban J connectivity index is 1.64. The molecule has 0 aromatic heterocycles. The van der Waals surface area contributed by atoms with Crippen molar-refractivity contribution in [3.63, 3.8) is 0 Å². The average molecular weight is 432 g/mol. The Hall–Kier alpha value is -2.70. The van der Waals surface area contributed by atoms with Gasteiger partial charge in [-0.3, -0.25) is 4.79 Å². The fourth-order valence-electron chi connectivity index (χ4n) is 3.88. The Morgan fingerprint density at radius 2 is 1.50 bits per heavy atom. The molecular weight excluding hydrogens is 407 g/mol. The predicted octanol–water partition coefficient (Wildman–Crippen LogP) is 3.45. The molecule has 8 nitrogen and oxygen atoms in total. The molecule has 0 bridgehead atoms. The van der Waals surface area contributed by atoms with Crippen molar-refractivity contribution in [2.75, 3.05) is 13.1 Å². The summed E-state index contributed by atoms with van der Waals surface area (Å²) in [7, 11) is -3.88. The van der Waals surface area contributed by atoms with Gasteiger partial charge in [0.05, 0.1) is 6.04 Å². The van der Waals surface area contributed by atoms with Crippen LogP contribution in [-0.2, 0) is 9.36 Å². The van der Waals surface area contributed by atoms with Crippen LogP contribution in [0.15, 0.2) is 48.5 Å². The standard InChI is InChI=1S/C21H25N2O6P/c24-15-5-9-17(10-6-15)28-30(27,29-18-11-7-16(25)8-12-18)20-4-2-14-23(20)21(26)19-3-1-13-22-19/h5-12,19-20,22,24-25H,1-4,13-14H2/t19-,20?/m0/s1. The van der Waals surface area contributed by atoms with Crippen LogP contribution in [0.4, 0.5) is 0 Å². The highest BCUT2D eigenvalue weighted by molar-refractivity contribution is 7.55. The van der Waals surface area contributed by atoms with Gasteiger partial charge in [0.1, 0.15) is 23.0 Å². The van der Waals surface area contributed by atoms with Crippen molar-refractivity contribution in [2.45, 2.75) is 37.5 Å². The Labute approximate surface area is 175 Å². The number of nitrogens with one attached hydrogen (secondary N) is 1. The summed E-state index contributed by atoms with van der Waals surface area (Å²) in [5.41, 5.74) is 0. The van der Waals surface area contributed by atoms with Crippen LogP contribution in [0.25, 0.3) is 0 Å². The van der Waals surface area contributed by atoms with Gasteiger partial charge in [0.2, 0.25) is 5.91 Å². The molecule has 2 aliphatic rings. The van der Waals surface area contributed by atoms with Gasteiger partial charge < -0.3 is 29.5 Å². The zero-order chi connectivity index (χ0) is 21.1. The monoisotopic (exact) mass is 432 g/mol. The van der Waals surface area contributed by atoms with Crippen molar-refractivity contribution in [3.05, 3.63) is 48.5 Å². The van der Waals surface area contributed by atoms with E-state index in [1.54, 1.807) is 4.90 Å². The number of nitrogens with zero attached hydrogens (tertiary/aromatic N) is 1. The lowest BCUT2D eigenvalue weighted by molar-refractivity contribution is -0.132. The van der Waals surface area contributed by atoms with Crippen molar-refractivity contribution in [2.24, 2.45) is 0 Å². The van der Waals surface area contributed by atoms with Crippen LogP contribution >= 0.6 is 7.60 Å². The van der Waals surface area contributed by atoms with Crippen LogP contribution in [-0.4, -0.2) is 45.9 Å². The number of aromatic hydroxyl groups is 2. The SMILES string of the molecule is O=C([C@@H]1CCCN1)N1CCCC1P(=O)(Oc1ccc(O)cc1)Oc1ccc(O)cc1. The van der Waals surface area contributed by atoms with Crippen molar-refractivity contribution < 1.29 is 28.6 Å². The first-order chi connectivity index (χ1) is 14.4. The van der Waals surface area contributed by atoms with Gasteiger partial charge in [-0.15, -0.1) is 0 Å². The van der Waals surface area contributed by atoms with E-state index in [1.807, 2.05) is 0 Å². The molecule has 1 unspecified atom stereocenters. The molecule has 3 N–H and O–H groups in total. The highest BCUT2D eigenvalue weighted by atomic mass is 31.2. The fraction of sp³-hybridized carbons (Fsp3) is 0.381. The lowest BCUT2D eigenvalue weighted by Crippen LogP contribution is -2.46. The summed E-state index contributed by atoms with van der Waals surface area (Å²) in [6.07, 6.45) is 2.88.